The molecule has 208 valence electrons. The lowest BCUT2D eigenvalue weighted by Crippen LogP contribution is -2.37. The van der Waals surface area contributed by atoms with E-state index in [4.69, 9.17) is 5.73 Å². The fourth-order valence-electron chi connectivity index (χ4n) is 4.84. The molecular formula is C37H45N3. The Morgan fingerprint density at radius 3 is 2.08 bits per heavy atom. The first-order valence-corrected chi connectivity index (χ1v) is 14.6. The van der Waals surface area contributed by atoms with Crippen molar-refractivity contribution in [1.82, 2.24) is 0 Å². The maximum absolute atomic E-state index is 6.65. The predicted molar refractivity (Wildman–Crippen MR) is 181 cm³/mol. The van der Waals surface area contributed by atoms with Gasteiger partial charge in [-0.2, -0.15) is 0 Å². The third-order valence-electron chi connectivity index (χ3n) is 7.03. The van der Waals surface area contributed by atoms with E-state index in [1.54, 1.807) is 6.21 Å². The van der Waals surface area contributed by atoms with E-state index in [1.165, 1.54) is 37.9 Å². The summed E-state index contributed by atoms with van der Waals surface area (Å²) in [5, 5.41) is 11.5. The van der Waals surface area contributed by atoms with E-state index in [9.17, 15) is 0 Å². The molecule has 1 aliphatic heterocycles. The Morgan fingerprint density at radius 2 is 1.50 bits per heavy atom. The molecule has 0 aliphatic carbocycles. The van der Waals surface area contributed by atoms with Gasteiger partial charge >= 0.3 is 0 Å². The second-order valence-corrected chi connectivity index (χ2v) is 9.91. The van der Waals surface area contributed by atoms with E-state index < -0.39 is 0 Å². The number of para-hydroxylation sites is 1. The minimum Gasteiger partial charge on any atom is -0.355 e. The molecular weight excluding hydrogens is 486 g/mol. The second kappa shape index (κ2) is 14.4. The van der Waals surface area contributed by atoms with Gasteiger partial charge in [0, 0.05) is 35.2 Å². The predicted octanol–water partition coefficient (Wildman–Crippen LogP) is 10.6. The molecule has 0 saturated heterocycles. The minimum absolute atomic E-state index is 0.254. The topological polar surface area (TPSA) is 50.4 Å². The number of anilines is 2. The molecule has 3 N–H and O–H groups in total. The van der Waals surface area contributed by atoms with Crippen molar-refractivity contribution in [3.8, 4) is 0 Å². The van der Waals surface area contributed by atoms with Crippen LogP contribution >= 0.6 is 0 Å². The summed E-state index contributed by atoms with van der Waals surface area (Å²) in [7, 11) is 0. The minimum atomic E-state index is -0.254. The number of rotatable bonds is 5. The zero-order valence-corrected chi connectivity index (χ0v) is 25.1. The quantitative estimate of drug-likeness (QED) is 0.222. The molecule has 0 radical (unpaired) electrons. The molecule has 40 heavy (non-hydrogen) atoms. The molecule has 6 rings (SSSR count). The highest BCUT2D eigenvalue weighted by Crippen LogP contribution is 2.40. The van der Waals surface area contributed by atoms with Crippen molar-refractivity contribution in [2.24, 2.45) is 10.7 Å². The van der Waals surface area contributed by atoms with Gasteiger partial charge in [0.15, 0.2) is 0 Å². The highest BCUT2D eigenvalue weighted by Gasteiger charge is 2.22. The van der Waals surface area contributed by atoms with Crippen LogP contribution in [-0.4, -0.2) is 11.8 Å². The monoisotopic (exact) mass is 531 g/mol. The Labute approximate surface area is 240 Å². The highest BCUT2D eigenvalue weighted by molar-refractivity contribution is 6.24. The molecule has 3 heteroatoms. The van der Waals surface area contributed by atoms with Crippen molar-refractivity contribution in [3.63, 3.8) is 0 Å². The van der Waals surface area contributed by atoms with E-state index in [-0.39, 0.29) is 5.54 Å². The molecule has 1 aliphatic rings. The van der Waals surface area contributed by atoms with Gasteiger partial charge in [0.25, 0.3) is 0 Å². The molecule has 0 aromatic heterocycles. The maximum Gasteiger partial charge on any atom is 0.0429 e. The summed E-state index contributed by atoms with van der Waals surface area (Å²) in [5.41, 5.74) is 10.9. The van der Waals surface area contributed by atoms with Crippen LogP contribution in [0.3, 0.4) is 0 Å². The van der Waals surface area contributed by atoms with Crippen molar-refractivity contribution in [2.45, 2.75) is 66.3 Å². The number of hydrogen-bond acceptors (Lipinski definition) is 3. The molecule has 5 aromatic carbocycles. The number of nitrogens with zero attached hydrogens (tertiary/aromatic N) is 1. The van der Waals surface area contributed by atoms with Gasteiger partial charge in [-0.3, -0.25) is 4.99 Å². The van der Waals surface area contributed by atoms with Gasteiger partial charge in [-0.25, -0.2) is 0 Å². The van der Waals surface area contributed by atoms with E-state index >= 15 is 0 Å². The first-order chi connectivity index (χ1) is 19.4. The molecule has 3 nitrogen and oxygen atoms in total. The number of dihydropyridines is 1. The molecule has 0 spiro atoms. The van der Waals surface area contributed by atoms with Crippen molar-refractivity contribution >= 4 is 49.9 Å². The summed E-state index contributed by atoms with van der Waals surface area (Å²) in [4.78, 5) is 3.92. The lowest BCUT2D eigenvalue weighted by atomic mass is 9.85. The number of nitrogens with two attached hydrogens (primary N) is 1. The zero-order valence-electron chi connectivity index (χ0n) is 25.1. The fourth-order valence-corrected chi connectivity index (χ4v) is 4.84. The third-order valence-corrected chi connectivity index (χ3v) is 7.03. The number of nitrogens with one attached hydrogen (secondary N) is 1. The second-order valence-electron chi connectivity index (χ2n) is 9.91. The van der Waals surface area contributed by atoms with Crippen molar-refractivity contribution < 1.29 is 0 Å². The van der Waals surface area contributed by atoms with E-state index in [0.29, 0.717) is 0 Å². The standard InChI is InChI=1S/C27H26N2.C6H7N.2C2H6/c1-3-27(2,28)17-23-22-15-14-19-9-7-8-18-12-13-20(26(22)25(18)19)16-24(23)29-21-10-5-4-6-11-21;1-6-4-2-3-5-7-6;2*1-2/h4-16,29H,3,17,28H2,1-2H3;2-3,5H,1,4H2;2*1-2H3/t27-;;;/m1.../s1. The molecule has 0 amide bonds. The van der Waals surface area contributed by atoms with E-state index in [1.807, 2.05) is 45.9 Å². The van der Waals surface area contributed by atoms with Crippen molar-refractivity contribution in [3.05, 3.63) is 109 Å². The zero-order chi connectivity index (χ0) is 29.1. The van der Waals surface area contributed by atoms with Gasteiger partial charge in [-0.1, -0.05) is 108 Å². The summed E-state index contributed by atoms with van der Waals surface area (Å²) in [6.07, 6.45) is 8.39. The Kier molecular flexibility index (Phi) is 11.0. The summed E-state index contributed by atoms with van der Waals surface area (Å²) in [5.74, 6) is 0. The summed E-state index contributed by atoms with van der Waals surface area (Å²) in [6, 6.07) is 28.2. The van der Waals surface area contributed by atoms with Crippen LogP contribution in [0.5, 0.6) is 0 Å². The van der Waals surface area contributed by atoms with E-state index in [2.05, 4.69) is 104 Å². The Morgan fingerprint density at radius 1 is 0.850 bits per heavy atom. The molecule has 0 bridgehead atoms. The number of hydrogen-bond donors (Lipinski definition) is 2. The van der Waals surface area contributed by atoms with Crippen LogP contribution in [0.2, 0.25) is 0 Å². The maximum atomic E-state index is 6.65. The average Bonchev–Trinajstić information content (AvgIpc) is 3.00. The van der Waals surface area contributed by atoms with Gasteiger partial charge in [-0.05, 0) is 81.9 Å². The molecule has 5 aromatic rings. The van der Waals surface area contributed by atoms with Gasteiger partial charge in [-0.15, -0.1) is 0 Å². The van der Waals surface area contributed by atoms with Gasteiger partial charge in [0.1, 0.15) is 0 Å². The molecule has 1 heterocycles. The fraction of sp³-hybridized carbons (Fsp3) is 0.270. The Bertz CT molecular complexity index is 1560. The summed E-state index contributed by atoms with van der Waals surface area (Å²) >= 11 is 0. The third kappa shape index (κ3) is 7.16. The number of allylic oxidation sites excluding steroid dienone is 2. The van der Waals surface area contributed by atoms with Crippen LogP contribution in [0.15, 0.2) is 108 Å². The van der Waals surface area contributed by atoms with Crippen LogP contribution in [-0.2, 0) is 6.42 Å². The Hall–Kier alpha value is -3.95. The first-order valence-electron chi connectivity index (χ1n) is 14.6. The van der Waals surface area contributed by atoms with Crippen LogP contribution in [0, 0.1) is 0 Å². The highest BCUT2D eigenvalue weighted by atomic mass is 14.9. The summed E-state index contributed by atoms with van der Waals surface area (Å²) in [6.45, 7) is 16.0. The van der Waals surface area contributed by atoms with Crippen LogP contribution < -0.4 is 11.1 Å². The smallest absolute Gasteiger partial charge is 0.0429 e. The van der Waals surface area contributed by atoms with Crippen LogP contribution in [0.4, 0.5) is 11.4 Å². The van der Waals surface area contributed by atoms with Gasteiger partial charge < -0.3 is 11.1 Å². The van der Waals surface area contributed by atoms with Gasteiger partial charge in [0.2, 0.25) is 0 Å². The average molecular weight is 532 g/mol. The van der Waals surface area contributed by atoms with Crippen LogP contribution in [0.25, 0.3) is 32.3 Å². The SMILES string of the molecule is C=C1CC=CC=N1.CC.CC.CC[C@@](C)(N)Cc1c(Nc2ccccc2)cc2ccc3cccc4ccc1c2c34. The molecule has 1 atom stereocenters. The van der Waals surface area contributed by atoms with Gasteiger partial charge in [0.05, 0.1) is 0 Å². The molecule has 0 fully saturated rings. The number of benzene rings is 5. The Balaban J connectivity index is 0.000000343. The summed E-state index contributed by atoms with van der Waals surface area (Å²) < 4.78 is 0. The lowest BCUT2D eigenvalue weighted by molar-refractivity contribution is 0.452. The molecule has 0 saturated carbocycles. The first kappa shape index (κ1) is 30.6. The van der Waals surface area contributed by atoms with Crippen LogP contribution in [0.1, 0.15) is 59.9 Å². The van der Waals surface area contributed by atoms with Crippen molar-refractivity contribution in [2.75, 3.05) is 5.32 Å². The van der Waals surface area contributed by atoms with Crippen molar-refractivity contribution in [1.29, 1.82) is 0 Å². The normalized spacial score (nSPS) is 13.5. The van der Waals surface area contributed by atoms with E-state index in [0.717, 1.165) is 36.3 Å². The molecule has 0 unspecified atom stereocenters. The largest absolute Gasteiger partial charge is 0.355 e. The lowest BCUT2D eigenvalue weighted by Gasteiger charge is -2.27. The number of aliphatic imine (C=N–C) groups is 1.